The van der Waals surface area contributed by atoms with E-state index in [1.54, 1.807) is 31.4 Å². The molecule has 4 rings (SSSR count). The fraction of sp³-hybridized carbons (Fsp3) is 0.133. The molecule has 1 heterocycles. The van der Waals surface area contributed by atoms with Crippen molar-refractivity contribution in [3.8, 4) is 11.5 Å². The lowest BCUT2D eigenvalue weighted by molar-refractivity contribution is -0.111. The van der Waals surface area contributed by atoms with Gasteiger partial charge in [0.25, 0.3) is 0 Å². The molecule has 0 aliphatic heterocycles. The van der Waals surface area contributed by atoms with Crippen molar-refractivity contribution in [3.05, 3.63) is 103 Å². The Bertz CT molecular complexity index is 1520. The van der Waals surface area contributed by atoms with Gasteiger partial charge in [-0.25, -0.2) is 9.37 Å². The number of thiocarbonyl (C=S) groups is 1. The third-order valence-corrected chi connectivity index (χ3v) is 6.89. The Hall–Kier alpha value is -4.68. The normalized spacial score (nSPS) is 10.3. The van der Waals surface area contributed by atoms with Gasteiger partial charge in [0, 0.05) is 29.4 Å². The van der Waals surface area contributed by atoms with Crippen LogP contribution in [0.1, 0.15) is 5.56 Å². The highest BCUT2D eigenvalue weighted by Gasteiger charge is 2.09. The Morgan fingerprint density at radius 1 is 1.02 bits per heavy atom. The zero-order chi connectivity index (χ0) is 29.7. The largest absolute Gasteiger partial charge is 0.497 e. The summed E-state index contributed by atoms with van der Waals surface area (Å²) in [5.74, 6) is 1.42. The van der Waals surface area contributed by atoms with Gasteiger partial charge in [-0.2, -0.15) is 4.98 Å². The quantitative estimate of drug-likeness (QED) is 0.0775. The second kappa shape index (κ2) is 15.4. The molecular formula is C30H29FN6O3S2. The summed E-state index contributed by atoms with van der Waals surface area (Å²) in [6.07, 6.45) is 2.24. The number of ether oxygens (including phenoxy) is 2. The maximum Gasteiger partial charge on any atom is 0.247 e. The van der Waals surface area contributed by atoms with Crippen LogP contribution in [0.25, 0.3) is 0 Å². The fourth-order valence-corrected chi connectivity index (χ4v) is 4.39. The number of amides is 1. The van der Waals surface area contributed by atoms with Gasteiger partial charge in [0.2, 0.25) is 11.9 Å². The highest BCUT2D eigenvalue weighted by atomic mass is 32.2. The molecule has 12 heteroatoms. The predicted molar refractivity (Wildman–Crippen MR) is 171 cm³/mol. The van der Waals surface area contributed by atoms with Crippen LogP contribution in [0.5, 0.6) is 11.5 Å². The van der Waals surface area contributed by atoms with Crippen molar-refractivity contribution in [2.24, 2.45) is 0 Å². The molecular weight excluding hydrogens is 576 g/mol. The van der Waals surface area contributed by atoms with E-state index < -0.39 is 5.82 Å². The van der Waals surface area contributed by atoms with Gasteiger partial charge in [-0.15, -0.1) is 0 Å². The first-order chi connectivity index (χ1) is 20.4. The third-order valence-electron chi connectivity index (χ3n) is 5.61. The molecule has 0 aliphatic carbocycles. The van der Waals surface area contributed by atoms with Crippen molar-refractivity contribution >= 4 is 63.0 Å². The first kappa shape index (κ1) is 30.3. The van der Waals surface area contributed by atoms with E-state index in [-0.39, 0.29) is 17.7 Å². The second-order valence-corrected chi connectivity index (χ2v) is 10.4. The number of nitrogens with zero attached hydrogens (tertiary/aromatic N) is 2. The van der Waals surface area contributed by atoms with Gasteiger partial charge in [0.05, 0.1) is 19.9 Å². The van der Waals surface area contributed by atoms with Crippen LogP contribution in [-0.4, -0.2) is 39.7 Å². The first-order valence-corrected chi connectivity index (χ1v) is 14.2. The molecule has 9 nitrogen and oxygen atoms in total. The van der Waals surface area contributed by atoms with Gasteiger partial charge in [-0.1, -0.05) is 48.8 Å². The summed E-state index contributed by atoms with van der Waals surface area (Å²) >= 11 is 6.91. The molecule has 0 aliphatic rings. The standard InChI is InChI=1S/C30H29FN6O3S2/c1-3-27(38)34-22-5-4-6-23(17-22)35-28-26(31)19-32-29(37-28)36-21-9-13-25(14-10-21)40-15-16-42-30(41)33-18-20-7-11-24(39-2)12-8-20/h3-14,17,19H,1,15-16,18H2,2H3,(H,33,41)(H,34,38)(H2,32,35,36,37). The van der Waals surface area contributed by atoms with E-state index in [9.17, 15) is 9.18 Å². The van der Waals surface area contributed by atoms with Crippen LogP contribution in [-0.2, 0) is 11.3 Å². The number of benzene rings is 3. The van der Waals surface area contributed by atoms with E-state index in [1.165, 1.54) is 17.8 Å². The lowest BCUT2D eigenvalue weighted by atomic mass is 10.2. The highest BCUT2D eigenvalue weighted by molar-refractivity contribution is 8.22. The van der Waals surface area contributed by atoms with Crippen LogP contribution >= 0.6 is 24.0 Å². The number of hydrogen-bond acceptors (Lipinski definition) is 9. The number of methoxy groups -OCH3 is 1. The molecule has 4 N–H and O–H groups in total. The molecule has 216 valence electrons. The summed E-state index contributed by atoms with van der Waals surface area (Å²) in [4.78, 5) is 19.8. The Morgan fingerprint density at radius 3 is 2.50 bits per heavy atom. The average molecular weight is 605 g/mol. The van der Waals surface area contributed by atoms with E-state index in [4.69, 9.17) is 21.7 Å². The van der Waals surface area contributed by atoms with Crippen molar-refractivity contribution in [2.75, 3.05) is 35.4 Å². The number of halogens is 1. The smallest absolute Gasteiger partial charge is 0.247 e. The SMILES string of the molecule is C=CC(=O)Nc1cccc(Nc2nc(Nc3ccc(OCCSC(=S)NCc4ccc(OC)cc4)cc3)ncc2F)c1. The van der Waals surface area contributed by atoms with E-state index in [2.05, 4.69) is 37.8 Å². The Kier molecular flexibility index (Phi) is 11.1. The van der Waals surface area contributed by atoms with Gasteiger partial charge in [0.15, 0.2) is 11.6 Å². The van der Waals surface area contributed by atoms with Crippen molar-refractivity contribution in [2.45, 2.75) is 6.54 Å². The van der Waals surface area contributed by atoms with Crippen LogP contribution in [0.4, 0.5) is 33.2 Å². The highest BCUT2D eigenvalue weighted by Crippen LogP contribution is 2.24. The zero-order valence-electron chi connectivity index (χ0n) is 22.7. The summed E-state index contributed by atoms with van der Waals surface area (Å²) in [6, 6.07) is 21.9. The summed E-state index contributed by atoms with van der Waals surface area (Å²) in [6.45, 7) is 4.55. The maximum atomic E-state index is 14.4. The van der Waals surface area contributed by atoms with Crippen molar-refractivity contribution in [3.63, 3.8) is 0 Å². The number of carbonyl (C=O) groups excluding carboxylic acids is 1. The molecule has 0 saturated heterocycles. The predicted octanol–water partition coefficient (Wildman–Crippen LogP) is 6.42. The number of nitrogens with one attached hydrogen (secondary N) is 4. The number of anilines is 5. The van der Waals surface area contributed by atoms with E-state index in [0.717, 1.165) is 17.5 Å². The fourth-order valence-electron chi connectivity index (χ4n) is 3.55. The van der Waals surface area contributed by atoms with Crippen LogP contribution in [0.2, 0.25) is 0 Å². The zero-order valence-corrected chi connectivity index (χ0v) is 24.4. The van der Waals surface area contributed by atoms with E-state index >= 15 is 0 Å². The summed E-state index contributed by atoms with van der Waals surface area (Å²) < 4.78 is 26.1. The monoisotopic (exact) mass is 604 g/mol. The van der Waals surface area contributed by atoms with Gasteiger partial charge in [0.1, 0.15) is 15.8 Å². The molecule has 0 bridgehead atoms. The Labute approximate surface area is 253 Å². The number of hydrogen-bond donors (Lipinski definition) is 4. The number of aromatic nitrogens is 2. The summed E-state index contributed by atoms with van der Waals surface area (Å²) in [7, 11) is 1.64. The van der Waals surface area contributed by atoms with Crippen molar-refractivity contribution in [1.82, 2.24) is 15.3 Å². The van der Waals surface area contributed by atoms with Gasteiger partial charge in [-0.3, -0.25) is 4.79 Å². The van der Waals surface area contributed by atoms with Crippen LogP contribution in [0.3, 0.4) is 0 Å². The molecule has 0 fully saturated rings. The second-order valence-electron chi connectivity index (χ2n) is 8.62. The Morgan fingerprint density at radius 2 is 1.76 bits per heavy atom. The van der Waals surface area contributed by atoms with Crippen molar-refractivity contribution in [1.29, 1.82) is 0 Å². The molecule has 42 heavy (non-hydrogen) atoms. The minimum atomic E-state index is -0.627. The third kappa shape index (κ3) is 9.46. The molecule has 3 aromatic carbocycles. The van der Waals surface area contributed by atoms with E-state index in [1.807, 2.05) is 48.5 Å². The number of rotatable bonds is 13. The molecule has 1 aromatic heterocycles. The van der Waals surface area contributed by atoms with Gasteiger partial charge in [-0.05, 0) is 66.2 Å². The molecule has 0 atom stereocenters. The lowest BCUT2D eigenvalue weighted by Crippen LogP contribution is -2.18. The average Bonchev–Trinajstić information content (AvgIpc) is 3.01. The summed E-state index contributed by atoms with van der Waals surface area (Å²) in [5.41, 5.74) is 2.88. The van der Waals surface area contributed by atoms with Crippen LogP contribution in [0, 0.1) is 5.82 Å². The number of carbonyl (C=O) groups is 1. The molecule has 0 radical (unpaired) electrons. The molecule has 1 amide bonds. The summed E-state index contributed by atoms with van der Waals surface area (Å²) in [5, 5.41) is 11.9. The maximum absolute atomic E-state index is 14.4. The Balaban J connectivity index is 1.22. The first-order valence-electron chi connectivity index (χ1n) is 12.8. The van der Waals surface area contributed by atoms with Crippen LogP contribution < -0.4 is 30.7 Å². The molecule has 4 aromatic rings. The lowest BCUT2D eigenvalue weighted by Gasteiger charge is -2.11. The van der Waals surface area contributed by atoms with Crippen molar-refractivity contribution < 1.29 is 18.7 Å². The van der Waals surface area contributed by atoms with Gasteiger partial charge >= 0.3 is 0 Å². The molecule has 0 spiro atoms. The minimum absolute atomic E-state index is 0.0199. The van der Waals surface area contributed by atoms with Crippen LogP contribution in [0.15, 0.2) is 91.6 Å². The minimum Gasteiger partial charge on any atom is -0.497 e. The topological polar surface area (TPSA) is 109 Å². The van der Waals surface area contributed by atoms with Gasteiger partial charge < -0.3 is 30.7 Å². The molecule has 0 unspecified atom stereocenters. The van der Waals surface area contributed by atoms with E-state index in [0.29, 0.717) is 46.0 Å². The molecule has 0 saturated carbocycles. The number of thioether (sulfide) groups is 1.